The summed E-state index contributed by atoms with van der Waals surface area (Å²) >= 11 is 3.07. The van der Waals surface area contributed by atoms with Gasteiger partial charge in [-0.15, -0.1) is 10.2 Å². The van der Waals surface area contributed by atoms with Gasteiger partial charge in [0.05, 0.1) is 5.75 Å². The molecule has 5 nitrogen and oxygen atoms in total. The molecule has 0 fully saturated rings. The first kappa shape index (κ1) is 11.5. The molecule has 0 aliphatic rings. The molecular weight excluding hydrogens is 244 g/mol. The van der Waals surface area contributed by atoms with Crippen molar-refractivity contribution < 1.29 is 4.52 Å². The van der Waals surface area contributed by atoms with E-state index in [-0.39, 0.29) is 0 Å². The molecule has 0 bridgehead atoms. The largest absolute Gasteiger partial charge is 0.338 e. The Morgan fingerprint density at radius 2 is 2.38 bits per heavy atom. The van der Waals surface area contributed by atoms with Gasteiger partial charge in [0, 0.05) is 6.42 Å². The fraction of sp³-hybridized carbons (Fsp3) is 0.556. The van der Waals surface area contributed by atoms with Crippen LogP contribution >= 0.6 is 23.1 Å². The number of thioether (sulfide) groups is 1. The first-order chi connectivity index (χ1) is 7.74. The highest BCUT2D eigenvalue weighted by molar-refractivity contribution is 8.00. The van der Waals surface area contributed by atoms with Crippen LogP contribution in [0.5, 0.6) is 0 Å². The van der Waals surface area contributed by atoms with Crippen molar-refractivity contribution in [2.45, 2.75) is 30.4 Å². The maximum atomic E-state index is 5.14. The van der Waals surface area contributed by atoms with Gasteiger partial charge < -0.3 is 4.52 Å². The van der Waals surface area contributed by atoms with Crippen molar-refractivity contribution in [2.24, 2.45) is 5.92 Å². The van der Waals surface area contributed by atoms with E-state index in [9.17, 15) is 0 Å². The van der Waals surface area contributed by atoms with E-state index in [1.165, 1.54) is 11.3 Å². The molecule has 0 spiro atoms. The van der Waals surface area contributed by atoms with Crippen molar-refractivity contribution in [3.63, 3.8) is 0 Å². The smallest absolute Gasteiger partial charge is 0.237 e. The van der Waals surface area contributed by atoms with Crippen LogP contribution in [0.15, 0.2) is 14.4 Å². The van der Waals surface area contributed by atoms with Crippen LogP contribution in [0, 0.1) is 5.92 Å². The lowest BCUT2D eigenvalue weighted by Gasteiger charge is -1.95. The van der Waals surface area contributed by atoms with E-state index in [0.717, 1.165) is 16.6 Å². The second kappa shape index (κ2) is 5.40. The summed E-state index contributed by atoms with van der Waals surface area (Å²) in [5.41, 5.74) is 1.71. The molecule has 86 valence electrons. The molecule has 0 radical (unpaired) electrons. The lowest BCUT2D eigenvalue weighted by Crippen LogP contribution is -1.96. The molecular formula is C9H12N4OS2. The SMILES string of the molecule is CC(C)Cc1noc(CSc2nncs2)n1. The van der Waals surface area contributed by atoms with Crippen LogP contribution in [-0.2, 0) is 12.2 Å². The predicted octanol–water partition coefficient (Wildman–Crippen LogP) is 2.41. The average Bonchev–Trinajstić information content (AvgIpc) is 2.84. The highest BCUT2D eigenvalue weighted by atomic mass is 32.2. The van der Waals surface area contributed by atoms with Gasteiger partial charge in [-0.05, 0) is 5.92 Å². The zero-order valence-electron chi connectivity index (χ0n) is 9.08. The summed E-state index contributed by atoms with van der Waals surface area (Å²) in [4.78, 5) is 4.31. The number of hydrogen-bond donors (Lipinski definition) is 0. The quantitative estimate of drug-likeness (QED) is 0.765. The number of nitrogens with zero attached hydrogens (tertiary/aromatic N) is 4. The van der Waals surface area contributed by atoms with Gasteiger partial charge in [0.1, 0.15) is 5.51 Å². The summed E-state index contributed by atoms with van der Waals surface area (Å²) in [5.74, 6) is 2.63. The van der Waals surface area contributed by atoms with Crippen LogP contribution in [0.3, 0.4) is 0 Å². The second-order valence-corrected chi connectivity index (χ2v) is 5.75. The van der Waals surface area contributed by atoms with Gasteiger partial charge in [-0.2, -0.15) is 4.98 Å². The van der Waals surface area contributed by atoms with Crippen molar-refractivity contribution in [1.29, 1.82) is 0 Å². The zero-order valence-corrected chi connectivity index (χ0v) is 10.7. The summed E-state index contributed by atoms with van der Waals surface area (Å²) in [6, 6.07) is 0. The fourth-order valence-corrected chi connectivity index (χ4v) is 2.47. The summed E-state index contributed by atoms with van der Waals surface area (Å²) in [6.07, 6.45) is 0.854. The maximum absolute atomic E-state index is 5.14. The molecule has 0 aliphatic heterocycles. The van der Waals surface area contributed by atoms with Crippen LogP contribution in [0.25, 0.3) is 0 Å². The lowest BCUT2D eigenvalue weighted by atomic mass is 10.1. The maximum Gasteiger partial charge on any atom is 0.237 e. The normalized spacial score (nSPS) is 11.2. The Kier molecular flexibility index (Phi) is 3.89. The number of aromatic nitrogens is 4. The number of rotatable bonds is 5. The minimum absolute atomic E-state index is 0.543. The molecule has 0 aromatic carbocycles. The zero-order chi connectivity index (χ0) is 11.4. The van der Waals surface area contributed by atoms with E-state index in [1.807, 2.05) is 0 Å². The lowest BCUT2D eigenvalue weighted by molar-refractivity contribution is 0.382. The van der Waals surface area contributed by atoms with Crippen LogP contribution in [0.1, 0.15) is 25.6 Å². The van der Waals surface area contributed by atoms with Gasteiger partial charge in [-0.1, -0.05) is 42.1 Å². The first-order valence-corrected chi connectivity index (χ1v) is 6.81. The van der Waals surface area contributed by atoms with Gasteiger partial charge in [-0.3, -0.25) is 0 Å². The molecule has 0 saturated carbocycles. The standard InChI is InChI=1S/C9H12N4OS2/c1-6(2)3-7-11-8(14-13-7)4-15-9-12-10-5-16-9/h5-6H,3-4H2,1-2H3. The van der Waals surface area contributed by atoms with Crippen LogP contribution in [-0.4, -0.2) is 20.3 Å². The highest BCUT2D eigenvalue weighted by Gasteiger charge is 2.09. The topological polar surface area (TPSA) is 64.7 Å². The Morgan fingerprint density at radius 3 is 3.06 bits per heavy atom. The summed E-state index contributed by atoms with van der Waals surface area (Å²) in [5, 5.41) is 11.6. The Labute approximate surface area is 102 Å². The van der Waals surface area contributed by atoms with Crippen LogP contribution in [0.4, 0.5) is 0 Å². The molecule has 2 aromatic rings. The molecule has 2 heterocycles. The van der Waals surface area contributed by atoms with Gasteiger partial charge >= 0.3 is 0 Å². The van der Waals surface area contributed by atoms with Gasteiger partial charge in [0.15, 0.2) is 10.2 Å². The minimum Gasteiger partial charge on any atom is -0.338 e. The highest BCUT2D eigenvalue weighted by Crippen LogP contribution is 2.22. The van der Waals surface area contributed by atoms with E-state index in [0.29, 0.717) is 17.6 Å². The number of hydrogen-bond acceptors (Lipinski definition) is 7. The van der Waals surface area contributed by atoms with Gasteiger partial charge in [-0.25, -0.2) is 0 Å². The third-order valence-corrected chi connectivity index (χ3v) is 3.61. The summed E-state index contributed by atoms with van der Waals surface area (Å²) < 4.78 is 6.06. The molecule has 2 aromatic heterocycles. The van der Waals surface area contributed by atoms with E-state index in [4.69, 9.17) is 4.52 Å². The monoisotopic (exact) mass is 256 g/mol. The van der Waals surface area contributed by atoms with E-state index in [1.54, 1.807) is 17.3 Å². The Morgan fingerprint density at radius 1 is 1.50 bits per heavy atom. The molecule has 0 unspecified atom stereocenters. The van der Waals surface area contributed by atoms with Gasteiger partial charge in [0.25, 0.3) is 0 Å². The molecule has 16 heavy (non-hydrogen) atoms. The fourth-order valence-electron chi connectivity index (χ4n) is 1.15. The molecule has 0 atom stereocenters. The van der Waals surface area contributed by atoms with Crippen molar-refractivity contribution in [2.75, 3.05) is 0 Å². The van der Waals surface area contributed by atoms with E-state index >= 15 is 0 Å². The molecule has 7 heteroatoms. The van der Waals surface area contributed by atoms with Crippen LogP contribution in [0.2, 0.25) is 0 Å². The molecule has 0 amide bonds. The third kappa shape index (κ3) is 3.28. The molecule has 0 N–H and O–H groups in total. The predicted molar refractivity (Wildman–Crippen MR) is 62.3 cm³/mol. The third-order valence-electron chi connectivity index (χ3n) is 1.76. The van der Waals surface area contributed by atoms with E-state index < -0.39 is 0 Å². The average molecular weight is 256 g/mol. The van der Waals surface area contributed by atoms with Crippen LogP contribution < -0.4 is 0 Å². The van der Waals surface area contributed by atoms with Crippen molar-refractivity contribution in [3.8, 4) is 0 Å². The summed E-state index contributed by atoms with van der Waals surface area (Å²) in [7, 11) is 0. The van der Waals surface area contributed by atoms with E-state index in [2.05, 4.69) is 34.2 Å². The minimum atomic E-state index is 0.543. The first-order valence-electron chi connectivity index (χ1n) is 4.94. The Bertz CT molecular complexity index is 426. The second-order valence-electron chi connectivity index (χ2n) is 3.70. The Balaban J connectivity index is 1.88. The van der Waals surface area contributed by atoms with Crippen molar-refractivity contribution in [3.05, 3.63) is 17.2 Å². The van der Waals surface area contributed by atoms with Gasteiger partial charge in [0.2, 0.25) is 5.89 Å². The molecule has 0 saturated heterocycles. The molecule has 2 rings (SSSR count). The molecule has 0 aliphatic carbocycles. The summed E-state index contributed by atoms with van der Waals surface area (Å²) in [6.45, 7) is 4.26. The van der Waals surface area contributed by atoms with Crippen molar-refractivity contribution >= 4 is 23.1 Å². The Hall–Kier alpha value is -0.950. The van der Waals surface area contributed by atoms with Crippen molar-refractivity contribution in [1.82, 2.24) is 20.3 Å².